The first-order chi connectivity index (χ1) is 13.8. The van der Waals surface area contributed by atoms with Crippen molar-refractivity contribution in [2.75, 3.05) is 5.32 Å². The van der Waals surface area contributed by atoms with Crippen LogP contribution >= 0.6 is 36.8 Å². The van der Waals surface area contributed by atoms with Crippen LogP contribution in [0, 0.1) is 0 Å². The number of aliphatic hydroxyl groups is 2. The summed E-state index contributed by atoms with van der Waals surface area (Å²) in [6.07, 6.45) is 1.62. The summed E-state index contributed by atoms with van der Waals surface area (Å²) in [5.74, 6) is 0.832. The Bertz CT molecular complexity index is 973. The number of benzene rings is 2. The van der Waals surface area contributed by atoms with Gasteiger partial charge in [0.1, 0.15) is 5.76 Å². The van der Waals surface area contributed by atoms with Crippen molar-refractivity contribution in [3.8, 4) is 0 Å². The van der Waals surface area contributed by atoms with Gasteiger partial charge in [-0.3, -0.25) is 0 Å². The predicted molar refractivity (Wildman–Crippen MR) is 129 cm³/mol. The molecule has 0 bridgehead atoms. The van der Waals surface area contributed by atoms with E-state index in [-0.39, 0.29) is 22.5 Å². The topological polar surface area (TPSA) is 126 Å². The lowest BCUT2D eigenvalue weighted by Gasteiger charge is -2.08. The monoisotopic (exact) mass is 488 g/mol. The molecule has 0 atom stereocenters. The molecule has 162 valence electrons. The minimum atomic E-state index is -2.62. The van der Waals surface area contributed by atoms with E-state index >= 15 is 0 Å². The number of para-hydroxylation sites is 1. The van der Waals surface area contributed by atoms with E-state index in [0.717, 1.165) is 11.4 Å². The fourth-order valence-electron chi connectivity index (χ4n) is 2.00. The van der Waals surface area contributed by atoms with Crippen LogP contribution in [-0.2, 0) is 17.4 Å². The number of thiol groups is 1. The van der Waals surface area contributed by atoms with Crippen molar-refractivity contribution < 1.29 is 23.0 Å². The summed E-state index contributed by atoms with van der Waals surface area (Å²) in [5.41, 5.74) is 2.13. The van der Waals surface area contributed by atoms with Gasteiger partial charge in [0.05, 0.1) is 18.4 Å². The molecule has 11 heteroatoms. The molecule has 0 spiro atoms. The van der Waals surface area contributed by atoms with Gasteiger partial charge < -0.3 is 19.9 Å². The molecular weight excluding hydrogens is 468 g/mol. The summed E-state index contributed by atoms with van der Waals surface area (Å²) in [6.45, 7) is 0.562. The molecule has 0 aliphatic carbocycles. The van der Waals surface area contributed by atoms with Crippen molar-refractivity contribution in [2.45, 2.75) is 6.54 Å². The average Bonchev–Trinajstić information content (AvgIpc) is 3.21. The van der Waals surface area contributed by atoms with Crippen LogP contribution in [0.15, 0.2) is 77.4 Å². The first-order valence-corrected chi connectivity index (χ1v) is 10.1. The van der Waals surface area contributed by atoms with Crippen LogP contribution in [0.3, 0.4) is 0 Å². The first kappa shape index (κ1) is 27.5. The molecule has 0 aliphatic heterocycles. The van der Waals surface area contributed by atoms with Crippen LogP contribution in [-0.4, -0.2) is 28.7 Å². The van der Waals surface area contributed by atoms with E-state index < -0.39 is 10.9 Å². The zero-order valence-corrected chi connectivity index (χ0v) is 18.8. The Hall–Kier alpha value is -2.50. The fourth-order valence-corrected chi connectivity index (χ4v) is 2.31. The van der Waals surface area contributed by atoms with Gasteiger partial charge >= 0.3 is 0 Å². The summed E-state index contributed by atoms with van der Waals surface area (Å²) >= 11 is 9.27. The van der Waals surface area contributed by atoms with E-state index in [1.165, 1.54) is 0 Å². The van der Waals surface area contributed by atoms with Gasteiger partial charge in [-0.2, -0.15) is 0 Å². The highest BCUT2D eigenvalue weighted by atomic mass is 35.5. The Morgan fingerprint density at radius 2 is 1.50 bits per heavy atom. The fraction of sp³-hybridized carbons (Fsp3) is 0.0526. The summed E-state index contributed by atoms with van der Waals surface area (Å²) < 4.78 is 22.8. The maximum Gasteiger partial charge on any atom is 0.198 e. The second kappa shape index (κ2) is 15.4. The zero-order chi connectivity index (χ0) is 21.6. The van der Waals surface area contributed by atoms with Crippen LogP contribution in [0.2, 0.25) is 0 Å². The number of hydrogen-bond acceptors (Lipinski definition) is 6. The molecule has 0 amide bonds. The lowest BCUT2D eigenvalue weighted by Crippen LogP contribution is -2.04. The number of hydrogen-bond donors (Lipinski definition) is 5. The largest absolute Gasteiger partial charge is 0.499 e. The molecule has 3 aromatic rings. The maximum atomic E-state index is 9.33. The molecular formula is C19H21ClN2O5S3. The molecule has 0 unspecified atom stereocenters. The Balaban J connectivity index is 0.000000510. The molecule has 0 radical (unpaired) electrons. The number of rotatable bonds is 5. The molecule has 1 heterocycles. The highest BCUT2D eigenvalue weighted by Gasteiger charge is 2.05. The van der Waals surface area contributed by atoms with Gasteiger partial charge in [0, 0.05) is 11.3 Å². The van der Waals surface area contributed by atoms with Gasteiger partial charge in [-0.25, -0.2) is 13.6 Å². The van der Waals surface area contributed by atoms with Crippen molar-refractivity contribution in [1.82, 2.24) is 0 Å². The van der Waals surface area contributed by atoms with E-state index in [4.69, 9.17) is 30.2 Å². The molecule has 0 saturated heterocycles. The summed E-state index contributed by atoms with van der Waals surface area (Å²) in [4.78, 5) is 0. The van der Waals surface area contributed by atoms with Crippen molar-refractivity contribution >= 4 is 63.5 Å². The average molecular weight is 489 g/mol. The highest BCUT2D eigenvalue weighted by Crippen LogP contribution is 2.16. The SMILES string of the molecule is Cl.N[SH](=O)=O.OC(=S)c1ccccc1.OC(=S)c1ccccc1NCc1ccco1. The molecule has 1 aromatic heterocycles. The Kier molecular flexibility index (Phi) is 14.1. The smallest absolute Gasteiger partial charge is 0.198 e. The molecule has 3 rings (SSSR count). The van der Waals surface area contributed by atoms with Crippen molar-refractivity contribution in [1.29, 1.82) is 0 Å². The van der Waals surface area contributed by atoms with Crippen LogP contribution in [0.25, 0.3) is 0 Å². The van der Waals surface area contributed by atoms with E-state index in [2.05, 4.69) is 22.7 Å². The van der Waals surface area contributed by atoms with Crippen molar-refractivity contribution in [3.63, 3.8) is 0 Å². The third-order valence-corrected chi connectivity index (χ3v) is 3.67. The normalized spacial score (nSPS) is 9.13. The predicted octanol–water partition coefficient (Wildman–Crippen LogP) is 3.94. The zero-order valence-electron chi connectivity index (χ0n) is 15.5. The Morgan fingerprint density at radius 1 is 0.933 bits per heavy atom. The summed E-state index contributed by atoms with van der Waals surface area (Å²) in [7, 11) is -2.62. The van der Waals surface area contributed by atoms with Gasteiger partial charge in [-0.1, -0.05) is 42.5 Å². The third-order valence-electron chi connectivity index (χ3n) is 3.21. The van der Waals surface area contributed by atoms with Gasteiger partial charge in [-0.05, 0) is 48.7 Å². The molecule has 7 nitrogen and oxygen atoms in total. The minimum Gasteiger partial charge on any atom is -0.499 e. The number of halogens is 1. The molecule has 5 N–H and O–H groups in total. The molecule has 0 saturated carbocycles. The van der Waals surface area contributed by atoms with Gasteiger partial charge in [0.2, 0.25) is 0 Å². The molecule has 2 aromatic carbocycles. The standard InChI is InChI=1S/C12H11NO2S.C7H6OS.ClH.H3NO2S/c14-12(16)10-5-1-2-6-11(10)13-8-9-4-3-7-15-9;8-7(9)6-4-2-1-3-5-6;;1-4(2)3/h1-7,13H,8H2,(H,14,16);1-5H,(H,8,9);1H;4H,(H2,1,2,3). The second-order valence-electron chi connectivity index (χ2n) is 5.24. The number of furan rings is 1. The number of nitrogens with two attached hydrogens (primary N) is 1. The van der Waals surface area contributed by atoms with E-state index in [1.807, 2.05) is 48.5 Å². The van der Waals surface area contributed by atoms with Crippen molar-refractivity contribution in [3.05, 3.63) is 89.9 Å². The van der Waals surface area contributed by atoms with E-state index in [0.29, 0.717) is 17.7 Å². The summed E-state index contributed by atoms with van der Waals surface area (Å²) in [6, 6.07) is 20.1. The lowest BCUT2D eigenvalue weighted by molar-refractivity contribution is 0.518. The van der Waals surface area contributed by atoms with Crippen LogP contribution in [0.5, 0.6) is 0 Å². The van der Waals surface area contributed by atoms with Crippen LogP contribution in [0.4, 0.5) is 5.69 Å². The highest BCUT2D eigenvalue weighted by molar-refractivity contribution is 7.80. The maximum absolute atomic E-state index is 9.33. The number of nitrogens with one attached hydrogen (secondary N) is 1. The molecule has 30 heavy (non-hydrogen) atoms. The molecule has 0 fully saturated rings. The lowest BCUT2D eigenvalue weighted by atomic mass is 10.2. The first-order valence-electron chi connectivity index (χ1n) is 8.07. The number of aliphatic hydroxyl groups excluding tert-OH is 2. The van der Waals surface area contributed by atoms with Crippen molar-refractivity contribution in [2.24, 2.45) is 5.14 Å². The van der Waals surface area contributed by atoms with Gasteiger partial charge in [-0.15, -0.1) is 12.4 Å². The van der Waals surface area contributed by atoms with E-state index in [9.17, 15) is 5.11 Å². The van der Waals surface area contributed by atoms with E-state index in [1.54, 1.807) is 24.5 Å². The quantitative estimate of drug-likeness (QED) is 0.270. The van der Waals surface area contributed by atoms with Crippen LogP contribution in [0.1, 0.15) is 16.9 Å². The Labute approximate surface area is 193 Å². The Morgan fingerprint density at radius 3 is 1.97 bits per heavy atom. The number of thiocarbonyl (C=S) groups is 2. The minimum absolute atomic E-state index is 0. The number of anilines is 1. The van der Waals surface area contributed by atoms with Gasteiger partial charge in [0.15, 0.2) is 21.0 Å². The van der Waals surface area contributed by atoms with Gasteiger partial charge in [0.25, 0.3) is 0 Å². The molecule has 0 aliphatic rings. The second-order valence-corrected chi connectivity index (χ2v) is 6.58. The third kappa shape index (κ3) is 11.5. The summed E-state index contributed by atoms with van der Waals surface area (Å²) in [5, 5.41) is 25.2. The van der Waals surface area contributed by atoms with Crippen LogP contribution < -0.4 is 10.5 Å².